The highest BCUT2D eigenvalue weighted by molar-refractivity contribution is 6.21. The molecular formula is C15H16N2O2. The zero-order chi connectivity index (χ0) is 13.6. The maximum Gasteiger partial charge on any atom is 0.262 e. The summed E-state index contributed by atoms with van der Waals surface area (Å²) >= 11 is 0. The van der Waals surface area contributed by atoms with Crippen molar-refractivity contribution < 1.29 is 9.59 Å². The lowest BCUT2D eigenvalue weighted by Gasteiger charge is -2.29. The van der Waals surface area contributed by atoms with E-state index in [1.54, 1.807) is 24.3 Å². The number of rotatable bonds is 2. The molecule has 1 saturated heterocycles. The number of carbonyl (C=O) groups excluding carboxylic acids is 2. The number of hydrogen-bond donors (Lipinski definition) is 1. The van der Waals surface area contributed by atoms with Gasteiger partial charge in [-0.2, -0.15) is 0 Å². The van der Waals surface area contributed by atoms with Crippen molar-refractivity contribution in [1.82, 2.24) is 10.2 Å². The fourth-order valence-corrected chi connectivity index (χ4v) is 2.58. The molecule has 2 amide bonds. The molecule has 3 rings (SSSR count). The third-order valence-electron chi connectivity index (χ3n) is 4.07. The van der Waals surface area contributed by atoms with Gasteiger partial charge in [-0.25, -0.2) is 0 Å². The molecule has 0 unspecified atom stereocenters. The smallest absolute Gasteiger partial charge is 0.262 e. The molecule has 19 heavy (non-hydrogen) atoms. The van der Waals surface area contributed by atoms with E-state index in [9.17, 15) is 9.59 Å². The van der Waals surface area contributed by atoms with Crippen molar-refractivity contribution in [2.45, 2.75) is 19.9 Å². The van der Waals surface area contributed by atoms with Gasteiger partial charge in [0.05, 0.1) is 17.2 Å². The summed E-state index contributed by atoms with van der Waals surface area (Å²) < 4.78 is 0. The minimum Gasteiger partial charge on any atom is -0.309 e. The van der Waals surface area contributed by atoms with Crippen LogP contribution in [0.5, 0.6) is 0 Å². The van der Waals surface area contributed by atoms with Gasteiger partial charge in [-0.15, -0.1) is 0 Å². The van der Waals surface area contributed by atoms with Crippen LogP contribution in [0.25, 0.3) is 0 Å². The summed E-state index contributed by atoms with van der Waals surface area (Å²) in [5, 5.41) is 3.18. The fraction of sp³-hybridized carbons (Fsp3) is 0.333. The maximum atomic E-state index is 12.3. The first-order valence-electron chi connectivity index (χ1n) is 6.47. The second-order valence-electron chi connectivity index (χ2n) is 5.09. The van der Waals surface area contributed by atoms with E-state index in [2.05, 4.69) is 5.32 Å². The van der Waals surface area contributed by atoms with Gasteiger partial charge >= 0.3 is 0 Å². The van der Waals surface area contributed by atoms with Gasteiger partial charge in [0.2, 0.25) is 0 Å². The van der Waals surface area contributed by atoms with E-state index >= 15 is 0 Å². The van der Waals surface area contributed by atoms with E-state index in [4.69, 9.17) is 0 Å². The van der Waals surface area contributed by atoms with Crippen LogP contribution in [-0.2, 0) is 0 Å². The molecule has 0 radical (unpaired) electrons. The standard InChI is InChI=1S/C15H16N2O2/c1-9(11-7-16-8-11)10(2)17-14(18)12-5-3-4-6-13(12)15(17)19/h3-6,10,16H,7-8H2,1-2H3/t10-/m1/s1. The minimum absolute atomic E-state index is 0.176. The Hall–Kier alpha value is -1.94. The van der Waals surface area contributed by atoms with Crippen molar-refractivity contribution in [2.75, 3.05) is 13.1 Å². The van der Waals surface area contributed by atoms with Gasteiger partial charge in [0, 0.05) is 13.1 Å². The summed E-state index contributed by atoms with van der Waals surface area (Å²) in [5.74, 6) is -0.360. The zero-order valence-electron chi connectivity index (χ0n) is 11.1. The molecule has 2 aliphatic rings. The molecule has 1 fully saturated rings. The first kappa shape index (κ1) is 12.1. The van der Waals surface area contributed by atoms with Gasteiger partial charge in [-0.3, -0.25) is 14.5 Å². The minimum atomic E-state index is -0.180. The van der Waals surface area contributed by atoms with Crippen LogP contribution in [-0.4, -0.2) is 35.8 Å². The van der Waals surface area contributed by atoms with E-state index in [-0.39, 0.29) is 17.9 Å². The summed E-state index contributed by atoms with van der Waals surface area (Å²) in [5.41, 5.74) is 3.45. The highest BCUT2D eigenvalue weighted by Gasteiger charge is 2.39. The molecule has 0 bridgehead atoms. The predicted octanol–water partition coefficient (Wildman–Crippen LogP) is 1.59. The number of fused-ring (bicyclic) bond motifs is 1. The largest absolute Gasteiger partial charge is 0.309 e. The van der Waals surface area contributed by atoms with Crippen LogP contribution in [0, 0.1) is 0 Å². The van der Waals surface area contributed by atoms with Gasteiger partial charge in [-0.1, -0.05) is 12.1 Å². The number of nitrogens with one attached hydrogen (secondary N) is 1. The second-order valence-corrected chi connectivity index (χ2v) is 5.09. The first-order valence-corrected chi connectivity index (χ1v) is 6.47. The molecule has 0 aliphatic carbocycles. The Labute approximate surface area is 112 Å². The van der Waals surface area contributed by atoms with Gasteiger partial charge < -0.3 is 5.32 Å². The van der Waals surface area contributed by atoms with Gasteiger partial charge in [0.15, 0.2) is 0 Å². The SMILES string of the molecule is CC(=C1CNC1)[C@@H](C)N1C(=O)c2ccccc2C1=O. The molecule has 1 aromatic rings. The second kappa shape index (κ2) is 4.31. The van der Waals surface area contributed by atoms with Gasteiger partial charge in [0.25, 0.3) is 11.8 Å². The lowest BCUT2D eigenvalue weighted by atomic mass is 9.98. The molecule has 1 aromatic carbocycles. The molecular weight excluding hydrogens is 240 g/mol. The number of carbonyl (C=O) groups is 2. The van der Waals surface area contributed by atoms with Crippen LogP contribution in [0.4, 0.5) is 0 Å². The maximum absolute atomic E-state index is 12.3. The summed E-state index contributed by atoms with van der Waals surface area (Å²) in [4.78, 5) is 26.1. The van der Waals surface area contributed by atoms with Crippen molar-refractivity contribution in [2.24, 2.45) is 0 Å². The summed E-state index contributed by atoms with van der Waals surface area (Å²) in [6.45, 7) is 5.64. The van der Waals surface area contributed by atoms with Crippen molar-refractivity contribution in [3.05, 3.63) is 46.5 Å². The molecule has 98 valence electrons. The van der Waals surface area contributed by atoms with Crippen molar-refractivity contribution in [3.8, 4) is 0 Å². The third-order valence-corrected chi connectivity index (χ3v) is 4.07. The quantitative estimate of drug-likeness (QED) is 0.646. The molecule has 1 atom stereocenters. The van der Waals surface area contributed by atoms with Crippen LogP contribution in [0.2, 0.25) is 0 Å². The van der Waals surface area contributed by atoms with Crippen molar-refractivity contribution >= 4 is 11.8 Å². The Morgan fingerprint density at radius 1 is 1.16 bits per heavy atom. The number of imide groups is 1. The predicted molar refractivity (Wildman–Crippen MR) is 72.0 cm³/mol. The Kier molecular flexibility index (Phi) is 2.75. The normalized spacial score (nSPS) is 19.3. The summed E-state index contributed by atoms with van der Waals surface area (Å²) in [7, 11) is 0. The highest BCUT2D eigenvalue weighted by atomic mass is 16.2. The molecule has 1 N–H and O–H groups in total. The van der Waals surface area contributed by atoms with Gasteiger partial charge in [-0.05, 0) is 37.1 Å². The molecule has 0 aromatic heterocycles. The average Bonchev–Trinajstić information content (AvgIpc) is 2.60. The number of nitrogens with zero attached hydrogens (tertiary/aromatic N) is 1. The lowest BCUT2D eigenvalue weighted by molar-refractivity contribution is 0.0617. The average molecular weight is 256 g/mol. The van der Waals surface area contributed by atoms with E-state index in [0.29, 0.717) is 11.1 Å². The molecule has 0 spiro atoms. The Morgan fingerprint density at radius 2 is 1.68 bits per heavy atom. The van der Waals surface area contributed by atoms with E-state index in [1.807, 2.05) is 13.8 Å². The van der Waals surface area contributed by atoms with E-state index in [1.165, 1.54) is 10.5 Å². The van der Waals surface area contributed by atoms with Crippen LogP contribution in [0.1, 0.15) is 34.6 Å². The lowest BCUT2D eigenvalue weighted by Crippen LogP contribution is -2.42. The molecule has 2 heterocycles. The van der Waals surface area contributed by atoms with Crippen LogP contribution in [0.15, 0.2) is 35.4 Å². The van der Waals surface area contributed by atoms with Crippen LogP contribution < -0.4 is 5.32 Å². The van der Waals surface area contributed by atoms with E-state index < -0.39 is 0 Å². The Bertz CT molecular complexity index is 563. The van der Waals surface area contributed by atoms with Crippen LogP contribution >= 0.6 is 0 Å². The number of hydrogen-bond acceptors (Lipinski definition) is 3. The number of benzene rings is 1. The topological polar surface area (TPSA) is 49.4 Å². The molecule has 0 saturated carbocycles. The summed E-state index contributed by atoms with van der Waals surface area (Å²) in [6, 6.07) is 6.84. The Balaban J connectivity index is 1.96. The Morgan fingerprint density at radius 3 is 2.11 bits per heavy atom. The molecule has 4 heteroatoms. The van der Waals surface area contributed by atoms with Crippen LogP contribution in [0.3, 0.4) is 0 Å². The zero-order valence-corrected chi connectivity index (χ0v) is 11.1. The first-order chi connectivity index (χ1) is 9.11. The third kappa shape index (κ3) is 1.71. The van der Waals surface area contributed by atoms with Gasteiger partial charge in [0.1, 0.15) is 0 Å². The molecule has 4 nitrogen and oxygen atoms in total. The van der Waals surface area contributed by atoms with Crippen molar-refractivity contribution in [3.63, 3.8) is 0 Å². The summed E-state index contributed by atoms with van der Waals surface area (Å²) in [6.07, 6.45) is 0. The molecule has 2 aliphatic heterocycles. The number of amides is 2. The fourth-order valence-electron chi connectivity index (χ4n) is 2.58. The van der Waals surface area contributed by atoms with E-state index in [0.717, 1.165) is 18.7 Å². The monoisotopic (exact) mass is 256 g/mol. The highest BCUT2D eigenvalue weighted by Crippen LogP contribution is 2.28. The van der Waals surface area contributed by atoms with Crippen molar-refractivity contribution in [1.29, 1.82) is 0 Å².